The molecular formula is C31H34F3N7O5S. The van der Waals surface area contributed by atoms with Gasteiger partial charge in [0.25, 0.3) is 23.3 Å². The Morgan fingerprint density at radius 2 is 1.94 bits per heavy atom. The number of rotatable bonds is 11. The van der Waals surface area contributed by atoms with Gasteiger partial charge in [-0.05, 0) is 59.3 Å². The zero-order chi connectivity index (χ0) is 34.1. The predicted octanol–water partition coefficient (Wildman–Crippen LogP) is 4.33. The number of alkyl halides is 3. The highest BCUT2D eigenvalue weighted by Crippen LogP contribution is 2.34. The first-order valence-corrected chi connectivity index (χ1v) is 15.7. The molecule has 1 aromatic carbocycles. The lowest BCUT2D eigenvalue weighted by molar-refractivity contribution is -0.113. The van der Waals surface area contributed by atoms with E-state index in [0.717, 1.165) is 17.9 Å². The molecular weight excluding hydrogens is 639 g/mol. The maximum absolute atomic E-state index is 13.5. The van der Waals surface area contributed by atoms with Gasteiger partial charge in [0.2, 0.25) is 12.7 Å². The van der Waals surface area contributed by atoms with Gasteiger partial charge in [0.05, 0.1) is 37.2 Å². The van der Waals surface area contributed by atoms with Gasteiger partial charge < -0.3 is 24.8 Å². The van der Waals surface area contributed by atoms with Gasteiger partial charge in [-0.15, -0.1) is 4.47 Å². The van der Waals surface area contributed by atoms with Gasteiger partial charge in [-0.25, -0.2) is 13.2 Å². The highest BCUT2D eigenvalue weighted by molar-refractivity contribution is 7.96. The first kappa shape index (κ1) is 35.4. The van der Waals surface area contributed by atoms with Crippen LogP contribution in [0, 0.1) is 11.3 Å². The average Bonchev–Trinajstić information content (AvgIpc) is 3.57. The summed E-state index contributed by atoms with van der Waals surface area (Å²) in [4.78, 5) is 49.8. The largest absolute Gasteiger partial charge is 0.446 e. The van der Waals surface area contributed by atoms with Gasteiger partial charge in [0.1, 0.15) is 11.4 Å². The maximum Gasteiger partial charge on any atom is 0.282 e. The number of aryl methyl sites for hydroxylation is 1. The van der Waals surface area contributed by atoms with Crippen molar-refractivity contribution in [1.29, 1.82) is 5.26 Å². The van der Waals surface area contributed by atoms with Crippen molar-refractivity contribution in [3.05, 3.63) is 75.2 Å². The Balaban J connectivity index is 0.00000245. The summed E-state index contributed by atoms with van der Waals surface area (Å²) in [5, 5.41) is 15.1. The van der Waals surface area contributed by atoms with Crippen LogP contribution in [-0.2, 0) is 18.4 Å². The van der Waals surface area contributed by atoms with Crippen LogP contribution in [0.25, 0.3) is 11.1 Å². The zero-order valence-corrected chi connectivity index (χ0v) is 26.8. The number of carbonyl (C=O) groups excluding carboxylic acids is 2. The fraction of sp³-hybridized carbons (Fsp3) is 0.387. The second-order valence-electron chi connectivity index (χ2n) is 10.3. The molecule has 0 aliphatic carbocycles. The molecule has 3 aromatic rings. The quantitative estimate of drug-likeness (QED) is 0.172. The number of benzene rings is 1. The second-order valence-corrected chi connectivity index (χ2v) is 11.3. The van der Waals surface area contributed by atoms with Crippen molar-refractivity contribution < 1.29 is 32.3 Å². The summed E-state index contributed by atoms with van der Waals surface area (Å²) < 4.78 is 48.2. The van der Waals surface area contributed by atoms with E-state index in [1.165, 1.54) is 60.0 Å². The Morgan fingerprint density at radius 1 is 1.17 bits per heavy atom. The Bertz CT molecular complexity index is 1700. The molecule has 2 aliphatic rings. The van der Waals surface area contributed by atoms with Gasteiger partial charge in [-0.2, -0.15) is 10.2 Å². The Kier molecular flexibility index (Phi) is 12.0. The number of amides is 2. The third-order valence-corrected chi connectivity index (χ3v) is 7.82. The highest BCUT2D eigenvalue weighted by atomic mass is 32.2. The summed E-state index contributed by atoms with van der Waals surface area (Å²) in [6.07, 6.45) is 2.56. The zero-order valence-electron chi connectivity index (χ0n) is 26.0. The Hall–Kier alpha value is -4.43. The van der Waals surface area contributed by atoms with Crippen molar-refractivity contribution in [3.63, 3.8) is 0 Å². The summed E-state index contributed by atoms with van der Waals surface area (Å²) >= 11 is 1.47. The molecule has 2 amide bonds. The van der Waals surface area contributed by atoms with Crippen LogP contribution in [0.2, 0.25) is 0 Å². The first-order valence-electron chi connectivity index (χ1n) is 14.7. The number of aromatic nitrogens is 2. The molecule has 2 fully saturated rings. The number of halogens is 3. The van der Waals surface area contributed by atoms with E-state index >= 15 is 0 Å². The number of carbonyl (C=O) groups is 2. The van der Waals surface area contributed by atoms with E-state index in [1.807, 2.05) is 19.9 Å². The predicted molar refractivity (Wildman–Crippen MR) is 169 cm³/mol. The lowest BCUT2D eigenvalue weighted by atomic mass is 9.96. The minimum absolute atomic E-state index is 0.0530. The van der Waals surface area contributed by atoms with Crippen LogP contribution in [0.4, 0.5) is 19.0 Å². The van der Waals surface area contributed by atoms with Gasteiger partial charge in [0, 0.05) is 38.0 Å². The van der Waals surface area contributed by atoms with E-state index in [-0.39, 0.29) is 39.5 Å². The van der Waals surface area contributed by atoms with Crippen LogP contribution < -0.4 is 20.9 Å². The van der Waals surface area contributed by atoms with Crippen molar-refractivity contribution in [3.8, 4) is 23.1 Å². The number of pyridine rings is 2. The van der Waals surface area contributed by atoms with Crippen LogP contribution in [0.5, 0.6) is 5.88 Å². The smallest absolute Gasteiger partial charge is 0.282 e. The Labute approximate surface area is 273 Å². The fourth-order valence-electron chi connectivity index (χ4n) is 4.79. The molecule has 2 aromatic heterocycles. The lowest BCUT2D eigenvalue weighted by Crippen LogP contribution is -2.58. The van der Waals surface area contributed by atoms with E-state index in [9.17, 15) is 32.8 Å². The molecule has 0 bridgehead atoms. The summed E-state index contributed by atoms with van der Waals surface area (Å²) in [6.45, 7) is 3.05. The lowest BCUT2D eigenvalue weighted by Gasteiger charge is -2.39. The van der Waals surface area contributed by atoms with E-state index < -0.39 is 43.2 Å². The normalized spacial score (nSPS) is 15.2. The molecule has 0 spiro atoms. The molecule has 0 radical (unpaired) electrons. The van der Waals surface area contributed by atoms with Gasteiger partial charge >= 0.3 is 0 Å². The van der Waals surface area contributed by atoms with E-state index in [2.05, 4.69) is 15.6 Å². The third kappa shape index (κ3) is 8.89. The van der Waals surface area contributed by atoms with Crippen LogP contribution >= 0.6 is 11.9 Å². The average molecular weight is 674 g/mol. The molecule has 47 heavy (non-hydrogen) atoms. The number of likely N-dealkylation sites (tertiary alicyclic amines) is 1. The fourth-order valence-corrected chi connectivity index (χ4v) is 5.53. The van der Waals surface area contributed by atoms with Crippen LogP contribution in [0.15, 0.2) is 47.4 Å². The standard InChI is InChI=1S/C29H28F3N7O5S.C2H6/c1-37-13-19(12-34-17-45-39-5-2-6-44-39)8-23(27(37)41)26(40)36-24-9-20(10-25(35-24)43-16-30)21-4-3-18(11-33)7-22(21)28(42)38-14-29(31,32)15-38;1-2/h3-4,7-10,13,34H,2,5-6,12,14-17H2,1H3,(H,35,36,40);1-2H3. The summed E-state index contributed by atoms with van der Waals surface area (Å²) in [6, 6.07) is 10.1. The van der Waals surface area contributed by atoms with Crippen molar-refractivity contribution in [2.45, 2.75) is 32.7 Å². The molecule has 5 rings (SSSR count). The summed E-state index contributed by atoms with van der Waals surface area (Å²) in [5.41, 5.74) is 0.393. The Morgan fingerprint density at radius 3 is 2.60 bits per heavy atom. The molecule has 0 unspecified atom stereocenters. The van der Waals surface area contributed by atoms with Crippen molar-refractivity contribution in [2.75, 3.05) is 44.3 Å². The first-order chi connectivity index (χ1) is 22.6. The number of ether oxygens (including phenoxy) is 1. The number of nitriles is 1. The van der Waals surface area contributed by atoms with Gasteiger partial charge in [-0.1, -0.05) is 19.9 Å². The topological polar surface area (TPSA) is 142 Å². The van der Waals surface area contributed by atoms with E-state index in [1.54, 1.807) is 10.7 Å². The molecule has 0 atom stereocenters. The SMILES string of the molecule is CC.Cn1cc(CNCSN2CCCO2)cc(C(=O)Nc2cc(-c3ccc(C#N)cc3C(=O)N3CC(F)(F)C3)cc(OCF)n2)c1=O. The molecule has 16 heteroatoms. The molecule has 4 heterocycles. The van der Waals surface area contributed by atoms with Gasteiger partial charge in [-0.3, -0.25) is 19.2 Å². The molecule has 2 saturated heterocycles. The summed E-state index contributed by atoms with van der Waals surface area (Å²) in [7, 11) is 1.51. The molecule has 0 saturated carbocycles. The number of hydrogen-bond donors (Lipinski definition) is 2. The van der Waals surface area contributed by atoms with Crippen molar-refractivity contribution >= 4 is 29.6 Å². The minimum atomic E-state index is -3.01. The number of anilines is 1. The van der Waals surface area contributed by atoms with E-state index in [0.29, 0.717) is 24.6 Å². The molecule has 250 valence electrons. The van der Waals surface area contributed by atoms with Crippen molar-refractivity contribution in [1.82, 2.24) is 24.2 Å². The van der Waals surface area contributed by atoms with Crippen LogP contribution in [-0.4, -0.2) is 75.6 Å². The van der Waals surface area contributed by atoms with Crippen LogP contribution in [0.3, 0.4) is 0 Å². The maximum atomic E-state index is 13.5. The van der Waals surface area contributed by atoms with Crippen molar-refractivity contribution in [2.24, 2.45) is 7.05 Å². The van der Waals surface area contributed by atoms with Gasteiger partial charge in [0.15, 0.2) is 0 Å². The van der Waals surface area contributed by atoms with Crippen LogP contribution in [0.1, 0.15) is 52.1 Å². The third-order valence-electron chi connectivity index (χ3n) is 6.91. The number of nitrogens with zero attached hydrogens (tertiary/aromatic N) is 5. The highest BCUT2D eigenvalue weighted by Gasteiger charge is 2.46. The number of hydrogen-bond acceptors (Lipinski definition) is 10. The summed E-state index contributed by atoms with van der Waals surface area (Å²) in [5.74, 6) is -4.39. The molecule has 2 aliphatic heterocycles. The molecule has 2 N–H and O–H groups in total. The minimum Gasteiger partial charge on any atom is -0.446 e. The number of nitrogens with one attached hydrogen (secondary N) is 2. The monoisotopic (exact) mass is 673 g/mol. The second kappa shape index (κ2) is 15.9. The van der Waals surface area contributed by atoms with E-state index in [4.69, 9.17) is 9.57 Å². The number of hydroxylamine groups is 1. The molecule has 12 nitrogen and oxygen atoms in total.